The van der Waals surface area contributed by atoms with Crippen LogP contribution in [0.5, 0.6) is 5.75 Å². The second-order valence-electron chi connectivity index (χ2n) is 4.58. The minimum absolute atomic E-state index is 0.106. The number of aliphatic hydroxyl groups is 1. The predicted octanol–water partition coefficient (Wildman–Crippen LogP) is 2.75. The Kier molecular flexibility index (Phi) is 3.94. The molecule has 0 aliphatic carbocycles. The Morgan fingerprint density at radius 1 is 1.37 bits per heavy atom. The lowest BCUT2D eigenvalue weighted by Gasteiger charge is -2.39. The molecule has 1 heterocycles. The van der Waals surface area contributed by atoms with E-state index in [4.69, 9.17) is 21.1 Å². The van der Waals surface area contributed by atoms with Gasteiger partial charge in [0, 0.05) is 0 Å². The Morgan fingerprint density at radius 2 is 2.05 bits per heavy atom. The van der Waals surface area contributed by atoms with Crippen molar-refractivity contribution in [3.63, 3.8) is 0 Å². The van der Waals surface area contributed by atoms with Crippen LogP contribution in [0, 0.1) is 5.41 Å². The van der Waals surface area contributed by atoms with Crippen LogP contribution in [0.25, 0.3) is 0 Å². The number of rotatable bonds is 4. The monoisotopic (exact) mass is 296 g/mol. The van der Waals surface area contributed by atoms with Crippen molar-refractivity contribution in [2.75, 3.05) is 26.4 Å². The Labute approximate surface area is 112 Å². The summed E-state index contributed by atoms with van der Waals surface area (Å²) in [6.45, 7) is 0.767. The summed E-state index contributed by atoms with van der Waals surface area (Å²) >= 11 is 5.75. The third-order valence-electron chi connectivity index (χ3n) is 2.94. The van der Waals surface area contributed by atoms with E-state index in [-0.39, 0.29) is 24.0 Å². The zero-order valence-corrected chi connectivity index (χ0v) is 10.6. The highest BCUT2D eigenvalue weighted by atomic mass is 35.5. The van der Waals surface area contributed by atoms with Crippen molar-refractivity contribution in [1.82, 2.24) is 0 Å². The quantitative estimate of drug-likeness (QED) is 0.928. The van der Waals surface area contributed by atoms with Gasteiger partial charge in [-0.05, 0) is 18.2 Å². The van der Waals surface area contributed by atoms with E-state index in [0.717, 1.165) is 12.1 Å². The van der Waals surface area contributed by atoms with Crippen molar-refractivity contribution < 1.29 is 27.8 Å². The summed E-state index contributed by atoms with van der Waals surface area (Å²) in [6.07, 6.45) is -4.43. The maximum Gasteiger partial charge on any atom is 0.416 e. The first-order valence-electron chi connectivity index (χ1n) is 5.54. The van der Waals surface area contributed by atoms with Gasteiger partial charge in [0.05, 0.1) is 35.8 Å². The average Bonchev–Trinajstić information content (AvgIpc) is 2.28. The molecule has 3 nitrogen and oxygen atoms in total. The van der Waals surface area contributed by atoms with Gasteiger partial charge in [0.25, 0.3) is 0 Å². The average molecular weight is 297 g/mol. The van der Waals surface area contributed by atoms with Crippen LogP contribution in [0.15, 0.2) is 18.2 Å². The van der Waals surface area contributed by atoms with Gasteiger partial charge in [-0.25, -0.2) is 0 Å². The molecule has 7 heteroatoms. The Balaban J connectivity index is 2.05. The lowest BCUT2D eigenvalue weighted by Crippen LogP contribution is -2.49. The molecule has 0 unspecified atom stereocenters. The maximum atomic E-state index is 12.4. The van der Waals surface area contributed by atoms with Gasteiger partial charge in [-0.3, -0.25) is 0 Å². The van der Waals surface area contributed by atoms with Gasteiger partial charge in [-0.1, -0.05) is 11.6 Å². The summed E-state index contributed by atoms with van der Waals surface area (Å²) in [7, 11) is 0. The number of hydrogen-bond acceptors (Lipinski definition) is 3. The summed E-state index contributed by atoms with van der Waals surface area (Å²) < 4.78 is 47.7. The molecule has 1 aromatic rings. The van der Waals surface area contributed by atoms with Crippen molar-refractivity contribution >= 4 is 11.6 Å². The Hall–Kier alpha value is -0.980. The molecular weight excluding hydrogens is 285 g/mol. The summed E-state index contributed by atoms with van der Waals surface area (Å²) in [5.41, 5.74) is -1.31. The van der Waals surface area contributed by atoms with Crippen LogP contribution in [-0.2, 0) is 10.9 Å². The third-order valence-corrected chi connectivity index (χ3v) is 3.24. The molecule has 0 spiro atoms. The highest BCUT2D eigenvalue weighted by molar-refractivity contribution is 6.32. The molecule has 106 valence electrons. The molecule has 1 fully saturated rings. The molecule has 1 aliphatic rings. The zero-order chi connectivity index (χ0) is 14.1. The minimum Gasteiger partial charge on any atom is -0.491 e. The van der Waals surface area contributed by atoms with Crippen LogP contribution < -0.4 is 4.74 Å². The summed E-state index contributed by atoms with van der Waals surface area (Å²) in [5.74, 6) is 0.161. The van der Waals surface area contributed by atoms with Crippen molar-refractivity contribution in [3.8, 4) is 5.75 Å². The number of aliphatic hydroxyl groups excluding tert-OH is 1. The van der Waals surface area contributed by atoms with Gasteiger partial charge in [0.15, 0.2) is 0 Å². The van der Waals surface area contributed by atoms with Crippen LogP contribution >= 0.6 is 11.6 Å². The summed E-state index contributed by atoms with van der Waals surface area (Å²) in [6, 6.07) is 2.90. The van der Waals surface area contributed by atoms with Crippen molar-refractivity contribution in [2.45, 2.75) is 6.18 Å². The van der Waals surface area contributed by atoms with E-state index in [1.807, 2.05) is 0 Å². The normalized spacial score (nSPS) is 17.9. The largest absolute Gasteiger partial charge is 0.491 e. The van der Waals surface area contributed by atoms with Gasteiger partial charge >= 0.3 is 6.18 Å². The molecule has 1 N–H and O–H groups in total. The molecule has 0 atom stereocenters. The van der Waals surface area contributed by atoms with E-state index >= 15 is 0 Å². The van der Waals surface area contributed by atoms with Crippen molar-refractivity contribution in [2.24, 2.45) is 5.41 Å². The molecule has 0 aromatic heterocycles. The van der Waals surface area contributed by atoms with E-state index in [9.17, 15) is 18.3 Å². The number of halogens is 4. The summed E-state index contributed by atoms with van der Waals surface area (Å²) in [4.78, 5) is 0. The number of benzene rings is 1. The van der Waals surface area contributed by atoms with Crippen LogP contribution in [0.3, 0.4) is 0 Å². The number of alkyl halides is 3. The van der Waals surface area contributed by atoms with Crippen LogP contribution in [0.2, 0.25) is 5.02 Å². The lowest BCUT2D eigenvalue weighted by molar-refractivity contribution is -0.153. The molecular formula is C12H12ClF3O3. The van der Waals surface area contributed by atoms with E-state index in [0.29, 0.717) is 13.2 Å². The SMILES string of the molecule is OCC1(COc2ccc(C(F)(F)F)cc2Cl)COC1. The fourth-order valence-electron chi connectivity index (χ4n) is 1.64. The zero-order valence-electron chi connectivity index (χ0n) is 9.84. The van der Waals surface area contributed by atoms with E-state index in [1.165, 1.54) is 6.07 Å². The molecule has 0 radical (unpaired) electrons. The highest BCUT2D eigenvalue weighted by Gasteiger charge is 2.39. The first kappa shape index (κ1) is 14.4. The Morgan fingerprint density at radius 3 is 2.47 bits per heavy atom. The molecule has 1 aromatic carbocycles. The smallest absolute Gasteiger partial charge is 0.416 e. The first-order valence-corrected chi connectivity index (χ1v) is 5.92. The summed E-state index contributed by atoms with van der Waals surface area (Å²) in [5, 5.41) is 9.08. The van der Waals surface area contributed by atoms with E-state index in [2.05, 4.69) is 0 Å². The third kappa shape index (κ3) is 3.13. The molecule has 0 amide bonds. The standard InChI is InChI=1S/C12H12ClF3O3/c13-9-3-8(12(14,15)16)1-2-10(9)19-7-11(4-17)5-18-6-11/h1-3,17H,4-7H2. The van der Waals surface area contributed by atoms with Crippen molar-refractivity contribution in [3.05, 3.63) is 28.8 Å². The maximum absolute atomic E-state index is 12.4. The lowest BCUT2D eigenvalue weighted by atomic mass is 9.88. The minimum atomic E-state index is -4.43. The molecule has 1 aliphatic heterocycles. The second kappa shape index (κ2) is 5.19. The van der Waals surface area contributed by atoms with Crippen molar-refractivity contribution in [1.29, 1.82) is 0 Å². The topological polar surface area (TPSA) is 38.7 Å². The van der Waals surface area contributed by atoms with Crippen LogP contribution in [0.1, 0.15) is 5.56 Å². The Bertz CT molecular complexity index is 453. The highest BCUT2D eigenvalue weighted by Crippen LogP contribution is 2.36. The van der Waals surface area contributed by atoms with Gasteiger partial charge in [-0.2, -0.15) is 13.2 Å². The van der Waals surface area contributed by atoms with E-state index in [1.54, 1.807) is 0 Å². The van der Waals surface area contributed by atoms with Gasteiger partial charge in [0.1, 0.15) is 12.4 Å². The molecule has 0 bridgehead atoms. The van der Waals surface area contributed by atoms with Gasteiger partial charge < -0.3 is 14.6 Å². The first-order chi connectivity index (χ1) is 8.86. The molecule has 19 heavy (non-hydrogen) atoms. The molecule has 1 saturated heterocycles. The number of hydrogen-bond donors (Lipinski definition) is 1. The van der Waals surface area contributed by atoms with E-state index < -0.39 is 17.2 Å². The second-order valence-corrected chi connectivity index (χ2v) is 4.99. The van der Waals surface area contributed by atoms with Gasteiger partial charge in [-0.15, -0.1) is 0 Å². The molecule has 2 rings (SSSR count). The number of ether oxygens (including phenoxy) is 2. The molecule has 0 saturated carbocycles. The van der Waals surface area contributed by atoms with Gasteiger partial charge in [0.2, 0.25) is 0 Å². The fourth-order valence-corrected chi connectivity index (χ4v) is 1.87. The van der Waals surface area contributed by atoms with Crippen LogP contribution in [-0.4, -0.2) is 31.5 Å². The van der Waals surface area contributed by atoms with Crippen LogP contribution in [0.4, 0.5) is 13.2 Å². The predicted molar refractivity (Wildman–Crippen MR) is 62.3 cm³/mol. The fraction of sp³-hybridized carbons (Fsp3) is 0.500.